The second kappa shape index (κ2) is 9.02. The van der Waals surface area contributed by atoms with E-state index in [1.807, 2.05) is 37.4 Å². The van der Waals surface area contributed by atoms with E-state index < -0.39 is 0 Å². The van der Waals surface area contributed by atoms with Crippen LogP contribution in [0, 0.1) is 0 Å². The first-order valence-corrected chi connectivity index (χ1v) is 11.5. The van der Waals surface area contributed by atoms with Crippen molar-refractivity contribution in [3.05, 3.63) is 54.9 Å². The lowest BCUT2D eigenvalue weighted by molar-refractivity contribution is 0.417. The van der Waals surface area contributed by atoms with Gasteiger partial charge < -0.3 is 25.3 Å². The SMILES string of the molecule is COc1cc(N2CCCCCC2)c(N)cc1Nc1nccc(-c2cn(C)c3ccccc23)n1. The molecule has 7 nitrogen and oxygen atoms in total. The molecular weight excluding hydrogens is 412 g/mol. The summed E-state index contributed by atoms with van der Waals surface area (Å²) in [6.07, 6.45) is 8.81. The Hall–Kier alpha value is -3.74. The Morgan fingerprint density at radius 2 is 1.82 bits per heavy atom. The fraction of sp³-hybridized carbons (Fsp3) is 0.308. The highest BCUT2D eigenvalue weighted by Crippen LogP contribution is 2.37. The van der Waals surface area contributed by atoms with Gasteiger partial charge in [0, 0.05) is 55.1 Å². The number of nitrogens with two attached hydrogens (primary N) is 1. The van der Waals surface area contributed by atoms with Crippen molar-refractivity contribution in [3.63, 3.8) is 0 Å². The van der Waals surface area contributed by atoms with Gasteiger partial charge in [0.15, 0.2) is 0 Å². The van der Waals surface area contributed by atoms with Crippen molar-refractivity contribution in [2.24, 2.45) is 7.05 Å². The van der Waals surface area contributed by atoms with Crippen molar-refractivity contribution in [2.75, 3.05) is 36.1 Å². The lowest BCUT2D eigenvalue weighted by Crippen LogP contribution is -2.25. The minimum Gasteiger partial charge on any atom is -0.494 e. The van der Waals surface area contributed by atoms with E-state index >= 15 is 0 Å². The Kier molecular flexibility index (Phi) is 5.77. The van der Waals surface area contributed by atoms with Gasteiger partial charge in [-0.05, 0) is 31.0 Å². The summed E-state index contributed by atoms with van der Waals surface area (Å²) in [6.45, 7) is 2.05. The van der Waals surface area contributed by atoms with E-state index in [4.69, 9.17) is 15.5 Å². The number of methoxy groups -OCH3 is 1. The van der Waals surface area contributed by atoms with Crippen molar-refractivity contribution in [2.45, 2.75) is 25.7 Å². The molecule has 0 amide bonds. The first kappa shape index (κ1) is 21.1. The number of aryl methyl sites for hydroxylation is 1. The molecule has 7 heteroatoms. The summed E-state index contributed by atoms with van der Waals surface area (Å²) in [7, 11) is 3.72. The van der Waals surface area contributed by atoms with Crippen molar-refractivity contribution in [1.82, 2.24) is 14.5 Å². The molecular formula is C26H30N6O. The number of hydrogen-bond donors (Lipinski definition) is 2. The summed E-state index contributed by atoms with van der Waals surface area (Å²) in [5.41, 5.74) is 12.1. The summed E-state index contributed by atoms with van der Waals surface area (Å²) in [6, 6.07) is 14.2. The summed E-state index contributed by atoms with van der Waals surface area (Å²) in [4.78, 5) is 11.6. The standard InChI is InChI=1S/C26H30N6O/c1-31-17-19(18-9-5-6-10-23(18)31)21-11-12-28-26(29-21)30-22-15-20(27)24(16-25(22)33-2)32-13-7-3-4-8-14-32/h5-6,9-12,15-17H,3-4,7-8,13-14,27H2,1-2H3,(H,28,29,30). The maximum absolute atomic E-state index is 6.49. The molecule has 0 radical (unpaired) electrons. The molecule has 0 atom stereocenters. The molecule has 3 N–H and O–H groups in total. The maximum Gasteiger partial charge on any atom is 0.227 e. The Morgan fingerprint density at radius 3 is 2.61 bits per heavy atom. The average Bonchev–Trinajstić information content (AvgIpc) is 2.99. The number of ether oxygens (including phenoxy) is 1. The number of para-hydroxylation sites is 1. The molecule has 1 fully saturated rings. The summed E-state index contributed by atoms with van der Waals surface area (Å²) in [5, 5.41) is 4.48. The van der Waals surface area contributed by atoms with Crippen LogP contribution >= 0.6 is 0 Å². The molecule has 0 bridgehead atoms. The van der Waals surface area contributed by atoms with Crippen LogP contribution in [-0.4, -0.2) is 34.7 Å². The molecule has 4 aromatic rings. The topological polar surface area (TPSA) is 81.2 Å². The lowest BCUT2D eigenvalue weighted by Gasteiger charge is -2.25. The molecule has 5 rings (SSSR count). The maximum atomic E-state index is 6.49. The van der Waals surface area contributed by atoms with Crippen LogP contribution in [0.15, 0.2) is 54.9 Å². The van der Waals surface area contributed by atoms with Crippen LogP contribution in [0.25, 0.3) is 22.2 Å². The van der Waals surface area contributed by atoms with Gasteiger partial charge >= 0.3 is 0 Å². The zero-order chi connectivity index (χ0) is 22.8. The minimum absolute atomic E-state index is 0.501. The summed E-state index contributed by atoms with van der Waals surface area (Å²) < 4.78 is 7.82. The number of benzene rings is 2. The zero-order valence-electron chi connectivity index (χ0n) is 19.2. The lowest BCUT2D eigenvalue weighted by atomic mass is 10.1. The molecule has 1 saturated heterocycles. The highest BCUT2D eigenvalue weighted by atomic mass is 16.5. The third-order valence-electron chi connectivity index (χ3n) is 6.37. The van der Waals surface area contributed by atoms with E-state index in [0.717, 1.165) is 52.5 Å². The van der Waals surface area contributed by atoms with E-state index in [-0.39, 0.29) is 0 Å². The van der Waals surface area contributed by atoms with Gasteiger partial charge in [0.25, 0.3) is 0 Å². The minimum atomic E-state index is 0.501. The normalized spacial score (nSPS) is 14.3. The quantitative estimate of drug-likeness (QED) is 0.406. The number of fused-ring (bicyclic) bond motifs is 1. The van der Waals surface area contributed by atoms with Gasteiger partial charge in [-0.15, -0.1) is 0 Å². The number of nitrogens with one attached hydrogen (secondary N) is 1. The fourth-order valence-corrected chi connectivity index (χ4v) is 4.67. The first-order valence-electron chi connectivity index (χ1n) is 11.5. The van der Waals surface area contributed by atoms with E-state index in [1.165, 1.54) is 31.2 Å². The van der Waals surface area contributed by atoms with Crippen LogP contribution in [0.3, 0.4) is 0 Å². The molecule has 2 aromatic heterocycles. The van der Waals surface area contributed by atoms with Crippen LogP contribution in [0.5, 0.6) is 5.75 Å². The van der Waals surface area contributed by atoms with Crippen LogP contribution in [0.2, 0.25) is 0 Å². The number of anilines is 4. The average molecular weight is 443 g/mol. The molecule has 0 saturated carbocycles. The first-order chi connectivity index (χ1) is 16.1. The predicted molar refractivity (Wildman–Crippen MR) is 135 cm³/mol. The Bertz CT molecular complexity index is 1270. The third kappa shape index (κ3) is 4.18. The third-order valence-corrected chi connectivity index (χ3v) is 6.37. The van der Waals surface area contributed by atoms with E-state index in [0.29, 0.717) is 5.95 Å². The van der Waals surface area contributed by atoms with Gasteiger partial charge in [-0.25, -0.2) is 9.97 Å². The van der Waals surface area contributed by atoms with Gasteiger partial charge in [-0.2, -0.15) is 0 Å². The number of rotatable bonds is 5. The highest BCUT2D eigenvalue weighted by Gasteiger charge is 2.17. The van der Waals surface area contributed by atoms with Crippen LogP contribution in [-0.2, 0) is 7.05 Å². The van der Waals surface area contributed by atoms with Crippen LogP contribution in [0.1, 0.15) is 25.7 Å². The largest absolute Gasteiger partial charge is 0.494 e. The Labute approximate surface area is 194 Å². The van der Waals surface area contributed by atoms with E-state index in [2.05, 4.69) is 38.1 Å². The van der Waals surface area contributed by atoms with Crippen molar-refractivity contribution in [1.29, 1.82) is 0 Å². The summed E-state index contributed by atoms with van der Waals surface area (Å²) in [5.74, 6) is 1.23. The van der Waals surface area contributed by atoms with Gasteiger partial charge in [0.1, 0.15) is 5.75 Å². The molecule has 3 heterocycles. The second-order valence-corrected chi connectivity index (χ2v) is 8.57. The Morgan fingerprint density at radius 1 is 1.03 bits per heavy atom. The van der Waals surface area contributed by atoms with Gasteiger partial charge in [0.2, 0.25) is 5.95 Å². The van der Waals surface area contributed by atoms with Crippen molar-refractivity contribution < 1.29 is 4.74 Å². The molecule has 170 valence electrons. The number of hydrogen-bond acceptors (Lipinski definition) is 6. The van der Waals surface area contributed by atoms with Gasteiger partial charge in [-0.3, -0.25) is 0 Å². The molecule has 0 aliphatic carbocycles. The van der Waals surface area contributed by atoms with Gasteiger partial charge in [0.05, 0.1) is 29.9 Å². The monoisotopic (exact) mass is 442 g/mol. The molecule has 1 aliphatic rings. The summed E-state index contributed by atoms with van der Waals surface area (Å²) >= 11 is 0. The zero-order valence-corrected chi connectivity index (χ0v) is 19.2. The molecule has 0 spiro atoms. The van der Waals surface area contributed by atoms with Crippen molar-refractivity contribution >= 4 is 33.9 Å². The number of nitrogens with zero attached hydrogens (tertiary/aromatic N) is 4. The number of aromatic nitrogens is 3. The predicted octanol–water partition coefficient (Wildman–Crippen LogP) is 5.35. The number of nitrogen functional groups attached to an aromatic ring is 1. The van der Waals surface area contributed by atoms with E-state index in [1.54, 1.807) is 13.3 Å². The van der Waals surface area contributed by atoms with Crippen molar-refractivity contribution in [3.8, 4) is 17.0 Å². The smallest absolute Gasteiger partial charge is 0.227 e. The Balaban J connectivity index is 1.46. The second-order valence-electron chi connectivity index (χ2n) is 8.57. The van der Waals surface area contributed by atoms with Crippen LogP contribution in [0.4, 0.5) is 23.0 Å². The van der Waals surface area contributed by atoms with Crippen LogP contribution < -0.4 is 20.7 Å². The highest BCUT2D eigenvalue weighted by molar-refractivity contribution is 5.95. The molecule has 33 heavy (non-hydrogen) atoms. The molecule has 0 unspecified atom stereocenters. The molecule has 1 aliphatic heterocycles. The van der Waals surface area contributed by atoms with Gasteiger partial charge in [-0.1, -0.05) is 31.0 Å². The van der Waals surface area contributed by atoms with E-state index in [9.17, 15) is 0 Å². The molecule has 2 aromatic carbocycles. The fourth-order valence-electron chi connectivity index (χ4n) is 4.67.